The molecule has 0 saturated carbocycles. The van der Waals surface area contributed by atoms with Crippen LogP contribution < -0.4 is 5.32 Å². The second-order valence-corrected chi connectivity index (χ2v) is 3.26. The first-order chi connectivity index (χ1) is 6.45. The van der Waals surface area contributed by atoms with E-state index < -0.39 is 0 Å². The molecule has 1 aliphatic heterocycles. The number of aromatic nitrogens is 1. The third-order valence-electron chi connectivity index (χ3n) is 2.22. The fourth-order valence-corrected chi connectivity index (χ4v) is 1.50. The van der Waals surface area contributed by atoms with Crippen LogP contribution in [0.4, 0.5) is 5.69 Å². The summed E-state index contributed by atoms with van der Waals surface area (Å²) in [5, 5.41) is 3.30. The van der Waals surface area contributed by atoms with E-state index in [9.17, 15) is 0 Å². The lowest BCUT2D eigenvalue weighted by atomic mass is 10.2. The first kappa shape index (κ1) is 8.51. The molecule has 13 heavy (non-hydrogen) atoms. The van der Waals surface area contributed by atoms with Crippen molar-refractivity contribution < 1.29 is 4.74 Å². The quantitative estimate of drug-likeness (QED) is 0.764. The molecule has 0 unspecified atom stereocenters. The molecule has 0 radical (unpaired) electrons. The largest absolute Gasteiger partial charge is 0.381 e. The normalized spacial score (nSPS) is 21.7. The monoisotopic (exact) mass is 178 g/mol. The van der Waals surface area contributed by atoms with Crippen molar-refractivity contribution >= 4 is 5.69 Å². The summed E-state index contributed by atoms with van der Waals surface area (Å²) in [6, 6.07) is 3.94. The highest BCUT2D eigenvalue weighted by molar-refractivity contribution is 5.39. The number of nitrogens with zero attached hydrogens (tertiary/aromatic N) is 1. The third kappa shape index (κ3) is 2.42. The van der Waals surface area contributed by atoms with E-state index >= 15 is 0 Å². The Morgan fingerprint density at radius 3 is 3.31 bits per heavy atom. The molecule has 3 nitrogen and oxygen atoms in total. The summed E-state index contributed by atoms with van der Waals surface area (Å²) in [5.41, 5.74) is 1.07. The lowest BCUT2D eigenvalue weighted by Crippen LogP contribution is -2.18. The number of nitrogens with one attached hydrogen (secondary N) is 1. The maximum atomic E-state index is 5.49. The molecule has 70 valence electrons. The minimum Gasteiger partial charge on any atom is -0.381 e. The lowest BCUT2D eigenvalue weighted by molar-refractivity contribution is 0.120. The van der Waals surface area contributed by atoms with Crippen LogP contribution in [0.1, 0.15) is 12.8 Å². The van der Waals surface area contributed by atoms with Crippen molar-refractivity contribution in [2.45, 2.75) is 18.9 Å². The number of ether oxygens (including phenoxy) is 1. The molecule has 1 aromatic heterocycles. The molecule has 1 aromatic rings. The van der Waals surface area contributed by atoms with Crippen LogP contribution in [0, 0.1) is 0 Å². The smallest absolute Gasteiger partial charge is 0.0748 e. The summed E-state index contributed by atoms with van der Waals surface area (Å²) in [7, 11) is 0. The van der Waals surface area contributed by atoms with Crippen LogP contribution in [0.2, 0.25) is 0 Å². The van der Waals surface area contributed by atoms with Gasteiger partial charge >= 0.3 is 0 Å². The van der Waals surface area contributed by atoms with Crippen molar-refractivity contribution in [1.29, 1.82) is 0 Å². The number of hydrogen-bond donors (Lipinski definition) is 1. The summed E-state index contributed by atoms with van der Waals surface area (Å²) in [6.07, 6.45) is 6.36. The van der Waals surface area contributed by atoms with E-state index in [2.05, 4.69) is 10.3 Å². The summed E-state index contributed by atoms with van der Waals surface area (Å²) in [5.74, 6) is 0. The van der Waals surface area contributed by atoms with Gasteiger partial charge < -0.3 is 10.1 Å². The van der Waals surface area contributed by atoms with E-state index in [0.717, 1.165) is 18.8 Å². The molecule has 0 aromatic carbocycles. The minimum absolute atomic E-state index is 0.389. The fraction of sp³-hybridized carbons (Fsp3) is 0.500. The highest BCUT2D eigenvalue weighted by Crippen LogP contribution is 2.12. The Morgan fingerprint density at radius 1 is 1.62 bits per heavy atom. The Hall–Kier alpha value is -1.09. The first-order valence-corrected chi connectivity index (χ1v) is 4.70. The van der Waals surface area contributed by atoms with Gasteiger partial charge in [0.25, 0.3) is 0 Å². The number of anilines is 1. The van der Waals surface area contributed by atoms with Crippen molar-refractivity contribution in [3.63, 3.8) is 0 Å². The zero-order chi connectivity index (χ0) is 8.93. The predicted octanol–water partition coefficient (Wildman–Crippen LogP) is 1.67. The Balaban J connectivity index is 1.79. The van der Waals surface area contributed by atoms with Gasteiger partial charge in [-0.15, -0.1) is 0 Å². The standard InChI is InChI=1S/C10H14N2O/c1-3-9(7-11-5-1)12-8-10-4-2-6-13-10/h1,3,5,7,10,12H,2,4,6,8H2/t10-/m0/s1. The van der Waals surface area contributed by atoms with Crippen LogP contribution in [0.25, 0.3) is 0 Å². The summed E-state index contributed by atoms with van der Waals surface area (Å²) < 4.78 is 5.49. The lowest BCUT2D eigenvalue weighted by Gasteiger charge is -2.10. The van der Waals surface area contributed by atoms with Crippen molar-refractivity contribution in [2.75, 3.05) is 18.5 Å². The molecule has 1 atom stereocenters. The molecule has 0 aliphatic carbocycles. The van der Waals surface area contributed by atoms with Gasteiger partial charge in [0.05, 0.1) is 11.8 Å². The zero-order valence-electron chi connectivity index (χ0n) is 7.57. The molecule has 1 saturated heterocycles. The van der Waals surface area contributed by atoms with Gasteiger partial charge in [-0.1, -0.05) is 0 Å². The molecular formula is C10H14N2O. The molecule has 1 N–H and O–H groups in total. The van der Waals surface area contributed by atoms with E-state index in [0.29, 0.717) is 6.10 Å². The summed E-state index contributed by atoms with van der Waals surface area (Å²) >= 11 is 0. The van der Waals surface area contributed by atoms with E-state index in [-0.39, 0.29) is 0 Å². The van der Waals surface area contributed by atoms with Crippen LogP contribution in [-0.2, 0) is 4.74 Å². The Kier molecular flexibility index (Phi) is 2.77. The van der Waals surface area contributed by atoms with Gasteiger partial charge in [-0.05, 0) is 25.0 Å². The molecule has 0 amide bonds. The molecule has 0 bridgehead atoms. The third-order valence-corrected chi connectivity index (χ3v) is 2.22. The van der Waals surface area contributed by atoms with E-state index in [1.54, 1.807) is 6.20 Å². The highest BCUT2D eigenvalue weighted by atomic mass is 16.5. The minimum atomic E-state index is 0.389. The van der Waals surface area contributed by atoms with E-state index in [1.165, 1.54) is 12.8 Å². The Labute approximate surface area is 78.1 Å². The Morgan fingerprint density at radius 2 is 2.62 bits per heavy atom. The fourth-order valence-electron chi connectivity index (χ4n) is 1.50. The van der Waals surface area contributed by atoms with Gasteiger partial charge in [0, 0.05) is 25.5 Å². The van der Waals surface area contributed by atoms with E-state index in [4.69, 9.17) is 4.74 Å². The molecule has 2 heterocycles. The average Bonchev–Trinajstić information content (AvgIpc) is 2.69. The number of hydrogen-bond acceptors (Lipinski definition) is 3. The van der Waals surface area contributed by atoms with Crippen molar-refractivity contribution in [2.24, 2.45) is 0 Å². The zero-order valence-corrected chi connectivity index (χ0v) is 7.57. The van der Waals surface area contributed by atoms with Gasteiger partial charge in [0.1, 0.15) is 0 Å². The molecule has 0 spiro atoms. The highest BCUT2D eigenvalue weighted by Gasteiger charge is 2.14. The SMILES string of the molecule is c1cncc(NC[C@@H]2CCCO2)c1. The second-order valence-electron chi connectivity index (χ2n) is 3.26. The van der Waals surface area contributed by atoms with Crippen LogP contribution in [0.5, 0.6) is 0 Å². The molecule has 1 fully saturated rings. The topological polar surface area (TPSA) is 34.2 Å². The van der Waals surface area contributed by atoms with Gasteiger partial charge in [0.2, 0.25) is 0 Å². The number of rotatable bonds is 3. The van der Waals surface area contributed by atoms with Gasteiger partial charge in [-0.25, -0.2) is 0 Å². The van der Waals surface area contributed by atoms with Crippen LogP contribution >= 0.6 is 0 Å². The summed E-state index contributed by atoms with van der Waals surface area (Å²) in [4.78, 5) is 4.03. The van der Waals surface area contributed by atoms with Gasteiger partial charge in [0.15, 0.2) is 0 Å². The van der Waals surface area contributed by atoms with Crippen LogP contribution in [0.3, 0.4) is 0 Å². The van der Waals surface area contributed by atoms with Crippen LogP contribution in [0.15, 0.2) is 24.5 Å². The van der Waals surface area contributed by atoms with Gasteiger partial charge in [-0.3, -0.25) is 4.98 Å². The molecule has 1 aliphatic rings. The molecule has 2 rings (SSSR count). The number of pyridine rings is 1. The maximum absolute atomic E-state index is 5.49. The van der Waals surface area contributed by atoms with Gasteiger partial charge in [-0.2, -0.15) is 0 Å². The first-order valence-electron chi connectivity index (χ1n) is 4.70. The molecular weight excluding hydrogens is 164 g/mol. The predicted molar refractivity (Wildman–Crippen MR) is 51.7 cm³/mol. The van der Waals surface area contributed by atoms with Crippen molar-refractivity contribution in [3.8, 4) is 0 Å². The van der Waals surface area contributed by atoms with Crippen molar-refractivity contribution in [3.05, 3.63) is 24.5 Å². The molecule has 3 heteroatoms. The van der Waals surface area contributed by atoms with Crippen LogP contribution in [-0.4, -0.2) is 24.2 Å². The second kappa shape index (κ2) is 4.23. The maximum Gasteiger partial charge on any atom is 0.0748 e. The average molecular weight is 178 g/mol. The summed E-state index contributed by atoms with van der Waals surface area (Å²) in [6.45, 7) is 1.81. The van der Waals surface area contributed by atoms with Crippen molar-refractivity contribution in [1.82, 2.24) is 4.98 Å². The Bertz CT molecular complexity index is 244. The van der Waals surface area contributed by atoms with E-state index in [1.807, 2.05) is 18.3 Å².